The van der Waals surface area contributed by atoms with Crippen molar-refractivity contribution in [2.24, 2.45) is 5.73 Å². The Labute approximate surface area is 112 Å². The number of aromatic nitrogens is 2. The lowest BCUT2D eigenvalue weighted by Gasteiger charge is -2.03. The molecule has 0 aliphatic carbocycles. The monoisotopic (exact) mass is 261 g/mol. The van der Waals surface area contributed by atoms with E-state index in [4.69, 9.17) is 15.0 Å². The SMILES string of the molecule is COCC(N)c1nc(Cc2ccc(C)c(C)c2)no1. The Morgan fingerprint density at radius 3 is 2.79 bits per heavy atom. The molecule has 5 nitrogen and oxygen atoms in total. The number of aryl methyl sites for hydroxylation is 2. The molecule has 2 N–H and O–H groups in total. The molecular formula is C14H19N3O2. The minimum absolute atomic E-state index is 0.366. The van der Waals surface area contributed by atoms with Gasteiger partial charge in [-0.3, -0.25) is 0 Å². The highest BCUT2D eigenvalue weighted by molar-refractivity contribution is 5.31. The van der Waals surface area contributed by atoms with Gasteiger partial charge >= 0.3 is 0 Å². The number of nitrogens with zero attached hydrogens (tertiary/aromatic N) is 2. The molecule has 1 aromatic carbocycles. The van der Waals surface area contributed by atoms with Gasteiger partial charge in [0.05, 0.1) is 6.61 Å². The van der Waals surface area contributed by atoms with Gasteiger partial charge in [-0.05, 0) is 30.5 Å². The van der Waals surface area contributed by atoms with Crippen molar-refractivity contribution in [3.8, 4) is 0 Å². The smallest absolute Gasteiger partial charge is 0.245 e. The summed E-state index contributed by atoms with van der Waals surface area (Å²) in [5, 5.41) is 3.95. The molecule has 1 heterocycles. The zero-order chi connectivity index (χ0) is 13.8. The van der Waals surface area contributed by atoms with Gasteiger partial charge in [0.25, 0.3) is 0 Å². The maximum Gasteiger partial charge on any atom is 0.245 e. The van der Waals surface area contributed by atoms with Crippen LogP contribution in [-0.4, -0.2) is 23.9 Å². The van der Waals surface area contributed by atoms with E-state index in [1.807, 2.05) is 0 Å². The summed E-state index contributed by atoms with van der Waals surface area (Å²) in [7, 11) is 1.59. The van der Waals surface area contributed by atoms with Crippen LogP contribution in [0, 0.1) is 13.8 Å². The van der Waals surface area contributed by atoms with Gasteiger partial charge in [0, 0.05) is 13.5 Å². The highest BCUT2D eigenvalue weighted by atomic mass is 16.5. The molecule has 0 amide bonds. The van der Waals surface area contributed by atoms with Crippen LogP contribution in [-0.2, 0) is 11.2 Å². The van der Waals surface area contributed by atoms with E-state index in [0.717, 1.165) is 5.56 Å². The van der Waals surface area contributed by atoms with Gasteiger partial charge in [-0.15, -0.1) is 0 Å². The molecule has 1 atom stereocenters. The summed E-state index contributed by atoms with van der Waals surface area (Å²) in [6.07, 6.45) is 0.643. The Bertz CT molecular complexity index is 551. The fourth-order valence-corrected chi connectivity index (χ4v) is 1.84. The minimum Gasteiger partial charge on any atom is -0.383 e. The van der Waals surface area contributed by atoms with Crippen molar-refractivity contribution in [2.45, 2.75) is 26.3 Å². The van der Waals surface area contributed by atoms with Crippen molar-refractivity contribution < 1.29 is 9.26 Å². The Morgan fingerprint density at radius 1 is 1.32 bits per heavy atom. The quantitative estimate of drug-likeness (QED) is 0.890. The Morgan fingerprint density at radius 2 is 2.11 bits per heavy atom. The van der Waals surface area contributed by atoms with Crippen molar-refractivity contribution in [3.63, 3.8) is 0 Å². The normalized spacial score (nSPS) is 12.6. The van der Waals surface area contributed by atoms with Crippen LogP contribution in [0.1, 0.15) is 34.4 Å². The van der Waals surface area contributed by atoms with Crippen molar-refractivity contribution in [1.29, 1.82) is 0 Å². The first-order valence-electron chi connectivity index (χ1n) is 6.23. The number of methoxy groups -OCH3 is 1. The molecule has 2 aromatic rings. The average molecular weight is 261 g/mol. The van der Waals surface area contributed by atoms with Crippen molar-refractivity contribution in [2.75, 3.05) is 13.7 Å². The number of rotatable bonds is 5. The number of benzene rings is 1. The molecule has 0 fully saturated rings. The lowest BCUT2D eigenvalue weighted by Crippen LogP contribution is -2.16. The topological polar surface area (TPSA) is 74.2 Å². The minimum atomic E-state index is -0.369. The Hall–Kier alpha value is -1.72. The molecule has 1 unspecified atom stereocenters. The van der Waals surface area contributed by atoms with Gasteiger partial charge in [0.1, 0.15) is 6.04 Å². The zero-order valence-electron chi connectivity index (χ0n) is 11.5. The Balaban J connectivity index is 2.09. The lowest BCUT2D eigenvalue weighted by atomic mass is 10.0. The van der Waals surface area contributed by atoms with Crippen LogP contribution < -0.4 is 5.73 Å². The molecule has 0 aliphatic heterocycles. The van der Waals surface area contributed by atoms with Gasteiger partial charge in [0.2, 0.25) is 5.89 Å². The number of nitrogens with two attached hydrogens (primary N) is 1. The van der Waals surface area contributed by atoms with Crippen LogP contribution in [0.2, 0.25) is 0 Å². The summed E-state index contributed by atoms with van der Waals surface area (Å²) in [5.41, 5.74) is 9.54. The first kappa shape index (κ1) is 13.7. The van der Waals surface area contributed by atoms with Crippen LogP contribution in [0.4, 0.5) is 0 Å². The van der Waals surface area contributed by atoms with E-state index in [1.54, 1.807) is 7.11 Å². The molecule has 0 spiro atoms. The fourth-order valence-electron chi connectivity index (χ4n) is 1.84. The van der Waals surface area contributed by atoms with E-state index in [-0.39, 0.29) is 6.04 Å². The summed E-state index contributed by atoms with van der Waals surface area (Å²) in [6, 6.07) is 5.95. The largest absolute Gasteiger partial charge is 0.383 e. The molecule has 0 bridgehead atoms. The zero-order valence-corrected chi connectivity index (χ0v) is 11.5. The fraction of sp³-hybridized carbons (Fsp3) is 0.429. The molecule has 5 heteroatoms. The second-order valence-corrected chi connectivity index (χ2v) is 4.71. The van der Waals surface area contributed by atoms with Crippen LogP contribution in [0.25, 0.3) is 0 Å². The third kappa shape index (κ3) is 3.39. The summed E-state index contributed by atoms with van der Waals surface area (Å²) in [6.45, 7) is 4.55. The number of hydrogen-bond acceptors (Lipinski definition) is 5. The van der Waals surface area contributed by atoms with Crippen LogP contribution in [0.15, 0.2) is 22.7 Å². The summed E-state index contributed by atoms with van der Waals surface area (Å²) < 4.78 is 10.1. The van der Waals surface area contributed by atoms with Crippen molar-refractivity contribution in [3.05, 3.63) is 46.6 Å². The van der Waals surface area contributed by atoms with Crippen LogP contribution in [0.5, 0.6) is 0 Å². The van der Waals surface area contributed by atoms with Crippen molar-refractivity contribution >= 4 is 0 Å². The molecule has 0 saturated carbocycles. The molecular weight excluding hydrogens is 242 g/mol. The Kier molecular flexibility index (Phi) is 4.29. The van der Waals surface area contributed by atoms with E-state index in [1.165, 1.54) is 11.1 Å². The highest BCUT2D eigenvalue weighted by Crippen LogP contribution is 2.14. The summed E-state index contributed by atoms with van der Waals surface area (Å²) in [5.74, 6) is 1.06. The maximum absolute atomic E-state index is 5.83. The molecule has 2 rings (SSSR count). The highest BCUT2D eigenvalue weighted by Gasteiger charge is 2.14. The van der Waals surface area contributed by atoms with Crippen LogP contribution >= 0.6 is 0 Å². The third-order valence-electron chi connectivity index (χ3n) is 3.08. The van der Waals surface area contributed by atoms with Gasteiger partial charge in [-0.25, -0.2) is 0 Å². The molecule has 102 valence electrons. The van der Waals surface area contributed by atoms with E-state index >= 15 is 0 Å². The van der Waals surface area contributed by atoms with Gasteiger partial charge in [-0.1, -0.05) is 23.4 Å². The molecule has 0 aliphatic rings. The second kappa shape index (κ2) is 5.95. The average Bonchev–Trinajstić information content (AvgIpc) is 2.83. The first-order valence-corrected chi connectivity index (χ1v) is 6.23. The predicted molar refractivity (Wildman–Crippen MR) is 71.8 cm³/mol. The van der Waals surface area contributed by atoms with Crippen LogP contribution in [0.3, 0.4) is 0 Å². The molecule has 19 heavy (non-hydrogen) atoms. The summed E-state index contributed by atoms with van der Waals surface area (Å²) in [4.78, 5) is 4.29. The van der Waals surface area contributed by atoms with Gasteiger partial charge in [0.15, 0.2) is 5.82 Å². The lowest BCUT2D eigenvalue weighted by molar-refractivity contribution is 0.166. The van der Waals surface area contributed by atoms with E-state index in [9.17, 15) is 0 Å². The van der Waals surface area contributed by atoms with Crippen molar-refractivity contribution in [1.82, 2.24) is 10.1 Å². The molecule has 1 aromatic heterocycles. The van der Waals surface area contributed by atoms with E-state index in [2.05, 4.69) is 42.2 Å². The number of ether oxygens (including phenoxy) is 1. The third-order valence-corrected chi connectivity index (χ3v) is 3.08. The van der Waals surface area contributed by atoms with E-state index in [0.29, 0.717) is 24.7 Å². The van der Waals surface area contributed by atoms with E-state index < -0.39 is 0 Å². The second-order valence-electron chi connectivity index (χ2n) is 4.71. The standard InChI is InChI=1S/C14H19N3O2/c1-9-4-5-11(6-10(9)2)7-13-16-14(19-17-13)12(15)8-18-3/h4-6,12H,7-8,15H2,1-3H3. The molecule has 0 radical (unpaired) electrons. The molecule has 0 saturated heterocycles. The summed E-state index contributed by atoms with van der Waals surface area (Å²) >= 11 is 0. The van der Waals surface area contributed by atoms with Gasteiger partial charge < -0.3 is 15.0 Å². The first-order chi connectivity index (χ1) is 9.10. The maximum atomic E-state index is 5.83. The predicted octanol–water partition coefficient (Wildman–Crippen LogP) is 1.92. The van der Waals surface area contributed by atoms with Gasteiger partial charge in [-0.2, -0.15) is 4.98 Å². The number of hydrogen-bond donors (Lipinski definition) is 1.